The highest BCUT2D eigenvalue weighted by atomic mass is 19.4. The van der Waals surface area contributed by atoms with Crippen LogP contribution in [0, 0.1) is 0 Å². The minimum Gasteiger partial charge on any atom is -0.369 e. The average molecular weight is 248 g/mol. The fourth-order valence-electron chi connectivity index (χ4n) is 1.18. The van der Waals surface area contributed by atoms with Gasteiger partial charge < -0.3 is 10.6 Å². The lowest BCUT2D eigenvalue weighted by Gasteiger charge is -2.07. The van der Waals surface area contributed by atoms with E-state index >= 15 is 0 Å². The zero-order valence-corrected chi connectivity index (χ0v) is 9.51. The molecule has 2 N–H and O–H groups in total. The smallest absolute Gasteiger partial charge is 0.369 e. The third-order valence-electron chi connectivity index (χ3n) is 2.04. The first-order valence-electron chi connectivity index (χ1n) is 5.39. The average Bonchev–Trinajstić information content (AvgIpc) is 2.28. The van der Waals surface area contributed by atoms with Crippen molar-refractivity contribution in [1.29, 1.82) is 0 Å². The second kappa shape index (κ2) is 6.39. The molecule has 0 saturated heterocycles. The predicted molar refractivity (Wildman–Crippen MR) is 58.7 cm³/mol. The monoisotopic (exact) mass is 248 g/mol. The SMILES string of the molecule is CCNCCCNc1ccc(C(F)(F)F)nn1. The Bertz CT molecular complexity index is 323. The van der Waals surface area contributed by atoms with Gasteiger partial charge in [0.2, 0.25) is 0 Å². The third-order valence-corrected chi connectivity index (χ3v) is 2.04. The van der Waals surface area contributed by atoms with E-state index in [4.69, 9.17) is 0 Å². The quantitative estimate of drug-likeness (QED) is 0.755. The van der Waals surface area contributed by atoms with Crippen LogP contribution in [0.5, 0.6) is 0 Å². The zero-order valence-electron chi connectivity index (χ0n) is 9.51. The van der Waals surface area contributed by atoms with Gasteiger partial charge in [-0.25, -0.2) is 0 Å². The van der Waals surface area contributed by atoms with Crippen molar-refractivity contribution in [2.45, 2.75) is 19.5 Å². The summed E-state index contributed by atoms with van der Waals surface area (Å²) in [5.41, 5.74) is -0.976. The summed E-state index contributed by atoms with van der Waals surface area (Å²) < 4.78 is 36.5. The molecule has 4 nitrogen and oxygen atoms in total. The van der Waals surface area contributed by atoms with Crippen molar-refractivity contribution in [1.82, 2.24) is 15.5 Å². The van der Waals surface area contributed by atoms with E-state index < -0.39 is 11.9 Å². The number of aromatic nitrogens is 2. The van der Waals surface area contributed by atoms with E-state index in [0.29, 0.717) is 12.4 Å². The molecular weight excluding hydrogens is 233 g/mol. The molecule has 0 aliphatic rings. The molecule has 0 aliphatic heterocycles. The van der Waals surface area contributed by atoms with Gasteiger partial charge in [0.25, 0.3) is 0 Å². The number of hydrogen-bond acceptors (Lipinski definition) is 4. The second-order valence-electron chi connectivity index (χ2n) is 3.44. The summed E-state index contributed by atoms with van der Waals surface area (Å²) in [6, 6.07) is 2.20. The van der Waals surface area contributed by atoms with E-state index in [1.54, 1.807) is 0 Å². The van der Waals surface area contributed by atoms with Crippen molar-refractivity contribution in [2.24, 2.45) is 0 Å². The van der Waals surface area contributed by atoms with Crippen LogP contribution in [0.15, 0.2) is 12.1 Å². The summed E-state index contributed by atoms with van der Waals surface area (Å²) in [6.07, 6.45) is -3.56. The Kier molecular flexibility index (Phi) is 5.14. The topological polar surface area (TPSA) is 49.8 Å². The van der Waals surface area contributed by atoms with E-state index in [0.717, 1.165) is 25.6 Å². The molecule has 17 heavy (non-hydrogen) atoms. The molecule has 0 atom stereocenters. The van der Waals surface area contributed by atoms with E-state index in [1.165, 1.54) is 6.07 Å². The Labute approximate surface area is 97.6 Å². The molecule has 0 saturated carbocycles. The number of halogens is 3. The molecule has 1 aromatic rings. The lowest BCUT2D eigenvalue weighted by atomic mass is 10.3. The van der Waals surface area contributed by atoms with Gasteiger partial charge in [0.05, 0.1) is 0 Å². The standard InChI is InChI=1S/C10H15F3N4/c1-2-14-6-3-7-15-9-5-4-8(16-17-9)10(11,12)13/h4-5,14H,2-3,6-7H2,1H3,(H,15,17). The van der Waals surface area contributed by atoms with Crippen LogP contribution in [0.1, 0.15) is 19.0 Å². The Morgan fingerprint density at radius 1 is 1.18 bits per heavy atom. The van der Waals surface area contributed by atoms with Gasteiger partial charge in [-0.3, -0.25) is 0 Å². The van der Waals surface area contributed by atoms with Crippen molar-refractivity contribution in [3.63, 3.8) is 0 Å². The molecule has 0 aromatic carbocycles. The molecular formula is C10H15F3N4. The molecule has 0 spiro atoms. The highest BCUT2D eigenvalue weighted by molar-refractivity contribution is 5.33. The maximum atomic E-state index is 12.2. The Balaban J connectivity index is 2.36. The van der Waals surface area contributed by atoms with Gasteiger partial charge in [-0.2, -0.15) is 13.2 Å². The van der Waals surface area contributed by atoms with Crippen molar-refractivity contribution in [3.05, 3.63) is 17.8 Å². The van der Waals surface area contributed by atoms with E-state index in [2.05, 4.69) is 20.8 Å². The summed E-state index contributed by atoms with van der Waals surface area (Å²) in [5.74, 6) is 0.356. The van der Waals surface area contributed by atoms with Crippen LogP contribution in [0.2, 0.25) is 0 Å². The molecule has 0 radical (unpaired) electrons. The maximum absolute atomic E-state index is 12.2. The molecule has 1 aromatic heterocycles. The fraction of sp³-hybridized carbons (Fsp3) is 0.600. The second-order valence-corrected chi connectivity index (χ2v) is 3.44. The minimum atomic E-state index is -4.43. The molecule has 0 unspecified atom stereocenters. The van der Waals surface area contributed by atoms with Crippen molar-refractivity contribution >= 4 is 5.82 Å². The summed E-state index contributed by atoms with van der Waals surface area (Å²) in [4.78, 5) is 0. The normalized spacial score (nSPS) is 11.5. The first kappa shape index (κ1) is 13.7. The van der Waals surface area contributed by atoms with E-state index in [-0.39, 0.29) is 0 Å². The predicted octanol–water partition coefficient (Wildman–Crippen LogP) is 1.91. The first-order chi connectivity index (χ1) is 8.04. The van der Waals surface area contributed by atoms with Crippen LogP contribution in [0.3, 0.4) is 0 Å². The van der Waals surface area contributed by atoms with Crippen LogP contribution in [0.25, 0.3) is 0 Å². The van der Waals surface area contributed by atoms with Crippen molar-refractivity contribution in [2.75, 3.05) is 25.0 Å². The molecule has 0 aliphatic carbocycles. The number of alkyl halides is 3. The highest BCUT2D eigenvalue weighted by Gasteiger charge is 2.32. The first-order valence-corrected chi connectivity index (χ1v) is 5.39. The lowest BCUT2D eigenvalue weighted by molar-refractivity contribution is -0.141. The van der Waals surface area contributed by atoms with Gasteiger partial charge in [-0.15, -0.1) is 10.2 Å². The Morgan fingerprint density at radius 3 is 2.47 bits per heavy atom. The number of anilines is 1. The van der Waals surface area contributed by atoms with Gasteiger partial charge >= 0.3 is 6.18 Å². The van der Waals surface area contributed by atoms with Crippen molar-refractivity contribution < 1.29 is 13.2 Å². The largest absolute Gasteiger partial charge is 0.435 e. The fourth-order valence-corrected chi connectivity index (χ4v) is 1.18. The van der Waals surface area contributed by atoms with Crippen LogP contribution in [-0.2, 0) is 6.18 Å². The van der Waals surface area contributed by atoms with Gasteiger partial charge in [0.15, 0.2) is 5.69 Å². The molecule has 0 amide bonds. The van der Waals surface area contributed by atoms with Crippen LogP contribution >= 0.6 is 0 Å². The molecule has 0 bridgehead atoms. The summed E-state index contributed by atoms with van der Waals surface area (Å²) in [6.45, 7) is 4.42. The number of nitrogens with one attached hydrogen (secondary N) is 2. The molecule has 96 valence electrons. The molecule has 1 rings (SSSR count). The van der Waals surface area contributed by atoms with Gasteiger partial charge in [-0.1, -0.05) is 6.92 Å². The van der Waals surface area contributed by atoms with Gasteiger partial charge in [0, 0.05) is 6.54 Å². The lowest BCUT2D eigenvalue weighted by Crippen LogP contribution is -2.17. The van der Waals surface area contributed by atoms with Crippen LogP contribution in [0.4, 0.5) is 19.0 Å². The highest BCUT2D eigenvalue weighted by Crippen LogP contribution is 2.26. The Hall–Kier alpha value is -1.37. The zero-order chi connectivity index (χ0) is 12.7. The van der Waals surface area contributed by atoms with Crippen LogP contribution < -0.4 is 10.6 Å². The summed E-state index contributed by atoms with van der Waals surface area (Å²) >= 11 is 0. The van der Waals surface area contributed by atoms with E-state index in [1.807, 2.05) is 6.92 Å². The van der Waals surface area contributed by atoms with Crippen LogP contribution in [-0.4, -0.2) is 29.8 Å². The summed E-state index contributed by atoms with van der Waals surface area (Å²) in [7, 11) is 0. The number of nitrogens with zero attached hydrogens (tertiary/aromatic N) is 2. The number of rotatable bonds is 6. The van der Waals surface area contributed by atoms with Gasteiger partial charge in [0.1, 0.15) is 5.82 Å². The molecule has 1 heterocycles. The minimum absolute atomic E-state index is 0.356. The molecule has 7 heteroatoms. The van der Waals surface area contributed by atoms with Crippen molar-refractivity contribution in [3.8, 4) is 0 Å². The third kappa shape index (κ3) is 4.99. The molecule has 0 fully saturated rings. The van der Waals surface area contributed by atoms with Gasteiger partial charge in [-0.05, 0) is 31.6 Å². The van der Waals surface area contributed by atoms with E-state index in [9.17, 15) is 13.2 Å². The Morgan fingerprint density at radius 2 is 1.94 bits per heavy atom. The maximum Gasteiger partial charge on any atom is 0.435 e. The summed E-state index contributed by atoms with van der Waals surface area (Å²) in [5, 5.41) is 12.6. The number of hydrogen-bond donors (Lipinski definition) is 2.